The van der Waals surface area contributed by atoms with Gasteiger partial charge in [0.1, 0.15) is 0 Å². The van der Waals surface area contributed by atoms with E-state index in [-0.39, 0.29) is 18.4 Å². The van der Waals surface area contributed by atoms with Crippen molar-refractivity contribution in [3.8, 4) is 11.1 Å². The molecule has 2 aromatic carbocycles. The number of fused-ring (bicyclic) bond motifs is 2. The molecule has 2 heterocycles. The molecule has 1 aliphatic heterocycles. The normalized spacial score (nSPS) is 13.4. The van der Waals surface area contributed by atoms with Gasteiger partial charge in [-0.2, -0.15) is 5.10 Å². The first-order chi connectivity index (χ1) is 11.6. The van der Waals surface area contributed by atoms with Crippen molar-refractivity contribution < 1.29 is 9.59 Å². The minimum atomic E-state index is -0.372. The Bertz CT molecular complexity index is 1020. The van der Waals surface area contributed by atoms with Crippen molar-refractivity contribution in [1.29, 1.82) is 0 Å². The van der Waals surface area contributed by atoms with E-state index in [0.717, 1.165) is 33.3 Å². The van der Waals surface area contributed by atoms with Crippen LogP contribution < -0.4 is 0 Å². The van der Waals surface area contributed by atoms with Gasteiger partial charge >= 0.3 is 0 Å². The van der Waals surface area contributed by atoms with Crippen molar-refractivity contribution >= 4 is 22.7 Å². The molecule has 24 heavy (non-hydrogen) atoms. The summed E-state index contributed by atoms with van der Waals surface area (Å²) in [5.41, 5.74) is 5.32. The van der Waals surface area contributed by atoms with Gasteiger partial charge in [0.25, 0.3) is 11.8 Å². The molecule has 5 nitrogen and oxygen atoms in total. The van der Waals surface area contributed by atoms with Crippen molar-refractivity contribution in [2.45, 2.75) is 13.5 Å². The summed E-state index contributed by atoms with van der Waals surface area (Å²) in [7, 11) is 0. The maximum Gasteiger partial charge on any atom is 0.261 e. The number of aromatic amines is 1. The molecule has 3 aromatic rings. The Labute approximate surface area is 138 Å². The maximum absolute atomic E-state index is 12.4. The van der Waals surface area contributed by atoms with Gasteiger partial charge in [-0.1, -0.05) is 24.8 Å². The molecule has 118 valence electrons. The predicted molar refractivity (Wildman–Crippen MR) is 91.3 cm³/mol. The fourth-order valence-corrected chi connectivity index (χ4v) is 3.20. The first-order valence-corrected chi connectivity index (χ1v) is 7.65. The van der Waals surface area contributed by atoms with E-state index >= 15 is 0 Å². The number of aromatic nitrogens is 2. The monoisotopic (exact) mass is 317 g/mol. The number of aryl methyl sites for hydroxylation is 1. The third kappa shape index (κ3) is 1.98. The predicted octanol–water partition coefficient (Wildman–Crippen LogP) is 3.21. The molecule has 1 N–H and O–H groups in total. The Morgan fingerprint density at radius 3 is 2.88 bits per heavy atom. The Morgan fingerprint density at radius 2 is 2.08 bits per heavy atom. The quantitative estimate of drug-likeness (QED) is 0.738. The molecule has 0 fully saturated rings. The van der Waals surface area contributed by atoms with E-state index < -0.39 is 0 Å². The lowest BCUT2D eigenvalue weighted by molar-refractivity contribution is -0.123. The van der Waals surface area contributed by atoms with E-state index in [4.69, 9.17) is 0 Å². The van der Waals surface area contributed by atoms with Crippen LogP contribution in [0.1, 0.15) is 21.6 Å². The van der Waals surface area contributed by atoms with Gasteiger partial charge in [-0.3, -0.25) is 19.6 Å². The lowest BCUT2D eigenvalue weighted by Gasteiger charge is -2.11. The number of benzene rings is 2. The highest BCUT2D eigenvalue weighted by Gasteiger charge is 2.32. The lowest BCUT2D eigenvalue weighted by atomic mass is 9.96. The molecule has 4 rings (SSSR count). The molecule has 0 saturated carbocycles. The van der Waals surface area contributed by atoms with Crippen molar-refractivity contribution in [3.05, 3.63) is 65.9 Å². The topological polar surface area (TPSA) is 66.1 Å². The van der Waals surface area contributed by atoms with Gasteiger partial charge in [0.15, 0.2) is 0 Å². The summed E-state index contributed by atoms with van der Waals surface area (Å²) < 4.78 is 0. The Morgan fingerprint density at radius 1 is 1.29 bits per heavy atom. The third-order valence-electron chi connectivity index (χ3n) is 4.47. The van der Waals surface area contributed by atoms with E-state index in [9.17, 15) is 9.59 Å². The Kier molecular flexibility index (Phi) is 3.09. The number of carbonyl (C=O) groups excluding carboxylic acids is 2. The molecule has 5 heteroatoms. The summed E-state index contributed by atoms with van der Waals surface area (Å²) in [4.78, 5) is 25.6. The molecule has 1 aliphatic rings. The number of hydrogen-bond donors (Lipinski definition) is 1. The zero-order valence-corrected chi connectivity index (χ0v) is 13.2. The van der Waals surface area contributed by atoms with Crippen LogP contribution in [0.25, 0.3) is 22.0 Å². The van der Waals surface area contributed by atoms with Crippen LogP contribution in [0.15, 0.2) is 49.1 Å². The van der Waals surface area contributed by atoms with E-state index in [1.807, 2.05) is 31.2 Å². The van der Waals surface area contributed by atoms with Crippen molar-refractivity contribution in [3.63, 3.8) is 0 Å². The van der Waals surface area contributed by atoms with E-state index in [1.165, 1.54) is 11.0 Å². The van der Waals surface area contributed by atoms with Crippen molar-refractivity contribution in [2.75, 3.05) is 0 Å². The second kappa shape index (κ2) is 5.16. The van der Waals surface area contributed by atoms with Crippen LogP contribution in [-0.4, -0.2) is 26.9 Å². The summed E-state index contributed by atoms with van der Waals surface area (Å²) in [6, 6.07) is 11.6. The minimum absolute atomic E-state index is 0.266. The Balaban J connectivity index is 1.86. The highest BCUT2D eigenvalue weighted by atomic mass is 16.2. The number of carbonyl (C=O) groups is 2. The van der Waals surface area contributed by atoms with Crippen LogP contribution in [0.3, 0.4) is 0 Å². The number of imide groups is 1. The molecule has 0 bridgehead atoms. The zero-order chi connectivity index (χ0) is 16.8. The van der Waals surface area contributed by atoms with Gasteiger partial charge in [0.05, 0.1) is 17.8 Å². The molecule has 0 spiro atoms. The number of H-pyrrole nitrogens is 1. The molecule has 0 unspecified atom stereocenters. The summed E-state index contributed by atoms with van der Waals surface area (Å²) in [5, 5.41) is 8.26. The molecule has 0 aliphatic carbocycles. The van der Waals surface area contributed by atoms with Crippen molar-refractivity contribution in [1.82, 2.24) is 15.1 Å². The maximum atomic E-state index is 12.4. The molecule has 1 aromatic heterocycles. The summed E-state index contributed by atoms with van der Waals surface area (Å²) in [6.07, 6.45) is 1.17. The SMILES string of the molecule is C=CC(=O)N1Cc2c(cccc2-c2ccc3[nH]nc(C)c3c2)C1=O. The summed E-state index contributed by atoms with van der Waals surface area (Å²) in [5.74, 6) is -0.638. The van der Waals surface area contributed by atoms with Crippen LogP contribution >= 0.6 is 0 Å². The van der Waals surface area contributed by atoms with Gasteiger partial charge in [0.2, 0.25) is 0 Å². The van der Waals surface area contributed by atoms with Gasteiger partial charge < -0.3 is 0 Å². The van der Waals surface area contributed by atoms with E-state index in [1.54, 1.807) is 6.07 Å². The van der Waals surface area contributed by atoms with Crippen LogP contribution in [0.4, 0.5) is 0 Å². The molecule has 0 saturated heterocycles. The number of rotatable bonds is 2. The van der Waals surface area contributed by atoms with Gasteiger partial charge in [-0.25, -0.2) is 0 Å². The van der Waals surface area contributed by atoms with Gasteiger partial charge in [-0.05, 0) is 47.9 Å². The van der Waals surface area contributed by atoms with Crippen molar-refractivity contribution in [2.24, 2.45) is 0 Å². The van der Waals surface area contributed by atoms with Crippen LogP contribution in [-0.2, 0) is 11.3 Å². The number of amides is 2. The first-order valence-electron chi connectivity index (χ1n) is 7.65. The molecule has 0 radical (unpaired) electrons. The highest BCUT2D eigenvalue weighted by molar-refractivity contribution is 6.11. The van der Waals surface area contributed by atoms with E-state index in [0.29, 0.717) is 5.56 Å². The van der Waals surface area contributed by atoms with Crippen LogP contribution in [0, 0.1) is 6.92 Å². The lowest BCUT2D eigenvalue weighted by Crippen LogP contribution is -2.29. The Hall–Kier alpha value is -3.21. The largest absolute Gasteiger partial charge is 0.278 e. The van der Waals surface area contributed by atoms with E-state index in [2.05, 4.69) is 22.8 Å². The molecular formula is C19H15N3O2. The first kappa shape index (κ1) is 14.4. The molecule has 0 atom stereocenters. The summed E-state index contributed by atoms with van der Waals surface area (Å²) >= 11 is 0. The average Bonchev–Trinajstić information content (AvgIpc) is 3.15. The van der Waals surface area contributed by atoms with Crippen LogP contribution in [0.5, 0.6) is 0 Å². The number of hydrogen-bond acceptors (Lipinski definition) is 3. The highest BCUT2D eigenvalue weighted by Crippen LogP contribution is 2.34. The van der Waals surface area contributed by atoms with Gasteiger partial charge in [-0.15, -0.1) is 0 Å². The molecule has 2 amide bonds. The zero-order valence-electron chi connectivity index (χ0n) is 13.2. The fourth-order valence-electron chi connectivity index (χ4n) is 3.20. The second-order valence-corrected chi connectivity index (χ2v) is 5.83. The van der Waals surface area contributed by atoms with Gasteiger partial charge in [0, 0.05) is 10.9 Å². The second-order valence-electron chi connectivity index (χ2n) is 5.83. The molecular weight excluding hydrogens is 302 g/mol. The minimum Gasteiger partial charge on any atom is -0.278 e. The number of nitrogens with zero attached hydrogens (tertiary/aromatic N) is 2. The number of nitrogens with one attached hydrogen (secondary N) is 1. The smallest absolute Gasteiger partial charge is 0.261 e. The third-order valence-corrected chi connectivity index (χ3v) is 4.47. The van der Waals surface area contributed by atoms with Crippen LogP contribution in [0.2, 0.25) is 0 Å². The standard InChI is InChI=1S/C19H15N3O2/c1-3-18(23)22-10-16-13(5-4-6-14(16)19(22)24)12-7-8-17-15(9-12)11(2)20-21-17/h3-9H,1,10H2,2H3,(H,20,21). The fraction of sp³-hybridized carbons (Fsp3) is 0.105. The summed E-state index contributed by atoms with van der Waals surface area (Å²) in [6.45, 7) is 5.69. The average molecular weight is 317 g/mol.